The molecule has 1 N–H and O–H groups in total. The summed E-state index contributed by atoms with van der Waals surface area (Å²) in [7, 11) is 0. The molecule has 2 bridgehead atoms. The second-order valence-electron chi connectivity index (χ2n) is 10.5. The number of ether oxygens (including phenoxy) is 1. The highest BCUT2D eigenvalue weighted by Gasteiger charge is 2.48. The molecular weight excluding hydrogens is 469 g/mol. The first-order chi connectivity index (χ1) is 18.0. The maximum absolute atomic E-state index is 13.7. The van der Waals surface area contributed by atoms with Crippen molar-refractivity contribution in [3.63, 3.8) is 0 Å². The van der Waals surface area contributed by atoms with Crippen LogP contribution in [0.3, 0.4) is 0 Å². The van der Waals surface area contributed by atoms with Gasteiger partial charge in [0.15, 0.2) is 18.2 Å². The average molecular weight is 501 g/mol. The molecule has 37 heavy (non-hydrogen) atoms. The lowest BCUT2D eigenvalue weighted by Crippen LogP contribution is -2.64. The average Bonchev–Trinajstić information content (AvgIpc) is 3.40. The third kappa shape index (κ3) is 4.43. The van der Waals surface area contributed by atoms with Gasteiger partial charge in [0.1, 0.15) is 18.1 Å². The van der Waals surface area contributed by atoms with E-state index in [1.54, 1.807) is 19.1 Å². The van der Waals surface area contributed by atoms with Gasteiger partial charge >= 0.3 is 0 Å². The van der Waals surface area contributed by atoms with Crippen molar-refractivity contribution in [3.05, 3.63) is 113 Å². The van der Waals surface area contributed by atoms with Crippen LogP contribution in [0.2, 0.25) is 0 Å². The Morgan fingerprint density at radius 3 is 2.27 bits per heavy atom. The largest absolute Gasteiger partial charge is 0.484 e. The van der Waals surface area contributed by atoms with E-state index in [9.17, 15) is 9.50 Å². The van der Waals surface area contributed by atoms with Crippen molar-refractivity contribution in [1.29, 1.82) is 0 Å². The smallest absolute Gasteiger partial charge is 0.282 e. The number of nitrogens with zero attached hydrogens (tertiary/aromatic N) is 3. The van der Waals surface area contributed by atoms with Gasteiger partial charge < -0.3 is 18.8 Å². The predicted octanol–water partition coefficient (Wildman–Crippen LogP) is 4.99. The van der Waals surface area contributed by atoms with E-state index in [1.165, 1.54) is 6.07 Å². The lowest BCUT2D eigenvalue weighted by molar-refractivity contribution is -0.959. The number of aryl methyl sites for hydroxylation is 1. The Labute approximate surface area is 215 Å². The summed E-state index contributed by atoms with van der Waals surface area (Å²) in [5, 5.41) is 16.3. The van der Waals surface area contributed by atoms with Crippen LogP contribution in [0.5, 0.6) is 5.75 Å². The summed E-state index contributed by atoms with van der Waals surface area (Å²) in [6, 6.07) is 23.8. The van der Waals surface area contributed by atoms with E-state index in [0.717, 1.165) is 37.0 Å². The number of aromatic nitrogens is 2. The number of aliphatic hydroxyl groups is 1. The van der Waals surface area contributed by atoms with Gasteiger partial charge in [-0.2, -0.15) is 4.98 Å². The van der Waals surface area contributed by atoms with Crippen LogP contribution in [0.25, 0.3) is 0 Å². The topological polar surface area (TPSA) is 68.4 Å². The van der Waals surface area contributed by atoms with E-state index in [2.05, 4.69) is 5.16 Å². The Balaban J connectivity index is 1.25. The fraction of sp³-hybridized carbons (Fsp3) is 0.333. The summed E-state index contributed by atoms with van der Waals surface area (Å²) in [6.07, 6.45) is 2.17. The summed E-state index contributed by atoms with van der Waals surface area (Å²) in [5.74, 6) is 1.73. The van der Waals surface area contributed by atoms with Crippen LogP contribution in [0.15, 0.2) is 83.4 Å². The van der Waals surface area contributed by atoms with Gasteiger partial charge in [0.2, 0.25) is 5.82 Å². The van der Waals surface area contributed by atoms with Crippen LogP contribution >= 0.6 is 0 Å². The highest BCUT2D eigenvalue weighted by molar-refractivity contribution is 5.42. The zero-order valence-electron chi connectivity index (χ0n) is 20.9. The number of hydrogen-bond donors (Lipinski definition) is 1. The number of fused-ring (bicyclic) bond motifs is 3. The summed E-state index contributed by atoms with van der Waals surface area (Å²) in [4.78, 5) is 4.74. The zero-order chi connectivity index (χ0) is 25.5. The van der Waals surface area contributed by atoms with Gasteiger partial charge in [-0.05, 0) is 41.8 Å². The molecule has 3 saturated heterocycles. The predicted molar refractivity (Wildman–Crippen MR) is 136 cm³/mol. The van der Waals surface area contributed by atoms with Crippen LogP contribution in [0.4, 0.5) is 4.39 Å². The number of halogens is 1. The van der Waals surface area contributed by atoms with Crippen molar-refractivity contribution in [3.8, 4) is 5.75 Å². The van der Waals surface area contributed by atoms with Crippen molar-refractivity contribution >= 4 is 0 Å². The lowest BCUT2D eigenvalue weighted by Gasteiger charge is -2.51. The molecule has 0 amide bonds. The van der Waals surface area contributed by atoms with E-state index in [0.29, 0.717) is 40.8 Å². The maximum atomic E-state index is 13.7. The van der Waals surface area contributed by atoms with Crippen molar-refractivity contribution in [2.24, 2.45) is 5.92 Å². The summed E-state index contributed by atoms with van der Waals surface area (Å²) in [6.45, 7) is 5.22. The van der Waals surface area contributed by atoms with Crippen molar-refractivity contribution in [2.45, 2.75) is 38.0 Å². The van der Waals surface area contributed by atoms with Crippen molar-refractivity contribution in [1.82, 2.24) is 10.1 Å². The molecule has 4 aromatic rings. The molecule has 3 aliphatic heterocycles. The summed E-state index contributed by atoms with van der Waals surface area (Å²) in [5.41, 5.74) is 0.431. The number of rotatable bonds is 7. The van der Waals surface area contributed by atoms with E-state index >= 15 is 0 Å². The second kappa shape index (κ2) is 9.39. The highest BCUT2D eigenvalue weighted by atomic mass is 19.1. The van der Waals surface area contributed by atoms with Gasteiger partial charge in [-0.15, -0.1) is 0 Å². The van der Waals surface area contributed by atoms with Crippen LogP contribution in [-0.2, 0) is 12.1 Å². The van der Waals surface area contributed by atoms with Crippen LogP contribution in [-0.4, -0.2) is 45.5 Å². The van der Waals surface area contributed by atoms with Gasteiger partial charge in [-0.1, -0.05) is 65.8 Å². The Morgan fingerprint density at radius 1 is 1.00 bits per heavy atom. The highest BCUT2D eigenvalue weighted by Crippen LogP contribution is 2.39. The quantitative estimate of drug-likeness (QED) is 0.362. The second-order valence-corrected chi connectivity index (χ2v) is 10.5. The van der Waals surface area contributed by atoms with E-state index in [1.807, 2.05) is 60.7 Å². The zero-order valence-corrected chi connectivity index (χ0v) is 20.9. The number of hydrogen-bond acceptors (Lipinski definition) is 5. The third-order valence-corrected chi connectivity index (χ3v) is 8.10. The lowest BCUT2D eigenvalue weighted by atomic mass is 9.83. The van der Waals surface area contributed by atoms with E-state index in [-0.39, 0.29) is 17.7 Å². The standard InChI is InChI=1S/C30H31FN3O3/c1-21-18-25(12-13-26(21)31)36-27-19-34(16-14-22(27)15-17-34)20-28-32-29(33-37-28)30(35,23-8-4-2-5-9-23)24-10-6-3-7-11-24/h2-13,18,22,27,35H,14-17,19-20H2,1H3/q+1/t22?,27-,34?/m0/s1. The van der Waals surface area contributed by atoms with Gasteiger partial charge in [-0.3, -0.25) is 0 Å². The number of piperidine rings is 3. The maximum Gasteiger partial charge on any atom is 0.282 e. The SMILES string of the molecule is Cc1cc(O[C@H]2C[N+]3(Cc4nc(C(O)(c5ccccc5)c5ccccc5)no4)CCC2CC3)ccc1F. The summed E-state index contributed by atoms with van der Waals surface area (Å²) >= 11 is 0. The summed E-state index contributed by atoms with van der Waals surface area (Å²) < 4.78 is 26.7. The molecule has 4 heterocycles. The van der Waals surface area contributed by atoms with Crippen molar-refractivity contribution < 1.29 is 23.2 Å². The van der Waals surface area contributed by atoms with Gasteiger partial charge in [0, 0.05) is 18.8 Å². The first-order valence-corrected chi connectivity index (χ1v) is 12.9. The molecule has 190 valence electrons. The Kier molecular flexibility index (Phi) is 6.05. The molecule has 3 aromatic carbocycles. The molecular formula is C30H31FN3O3+. The minimum atomic E-state index is -1.52. The minimum Gasteiger partial charge on any atom is -0.484 e. The molecule has 1 aromatic heterocycles. The Bertz CT molecular complexity index is 1330. The van der Waals surface area contributed by atoms with Crippen LogP contribution in [0.1, 0.15) is 41.2 Å². The molecule has 0 radical (unpaired) electrons. The van der Waals surface area contributed by atoms with Gasteiger partial charge in [0.25, 0.3) is 5.89 Å². The fourth-order valence-corrected chi connectivity index (χ4v) is 5.98. The molecule has 0 spiro atoms. The molecule has 7 rings (SSSR count). The fourth-order valence-electron chi connectivity index (χ4n) is 5.98. The van der Waals surface area contributed by atoms with Crippen molar-refractivity contribution in [2.75, 3.05) is 19.6 Å². The van der Waals surface area contributed by atoms with E-state index in [4.69, 9.17) is 14.2 Å². The first-order valence-electron chi connectivity index (χ1n) is 12.9. The Morgan fingerprint density at radius 2 is 1.65 bits per heavy atom. The molecule has 1 atom stereocenters. The van der Waals surface area contributed by atoms with E-state index < -0.39 is 5.60 Å². The number of benzene rings is 3. The Hall–Kier alpha value is -3.55. The molecule has 3 aliphatic rings. The van der Waals surface area contributed by atoms with Crippen LogP contribution in [0, 0.1) is 18.7 Å². The minimum absolute atomic E-state index is 0.0559. The molecule has 3 fully saturated rings. The molecule has 6 nitrogen and oxygen atoms in total. The normalized spacial score (nSPS) is 23.2. The molecule has 7 heteroatoms. The van der Waals surface area contributed by atoms with Gasteiger partial charge in [0.05, 0.1) is 13.1 Å². The molecule has 0 unspecified atom stereocenters. The number of quaternary nitrogens is 1. The van der Waals surface area contributed by atoms with Crippen LogP contribution < -0.4 is 4.74 Å². The third-order valence-electron chi connectivity index (χ3n) is 8.10. The first kappa shape index (κ1) is 23.8. The molecule has 0 saturated carbocycles. The van der Waals surface area contributed by atoms with Gasteiger partial charge in [-0.25, -0.2) is 4.39 Å². The monoisotopic (exact) mass is 500 g/mol. The molecule has 0 aliphatic carbocycles.